The Kier molecular flexibility index (Phi) is 9.88. The Labute approximate surface area is 180 Å². The van der Waals surface area contributed by atoms with Gasteiger partial charge in [-0.3, -0.25) is 9.69 Å². The molecule has 0 amide bonds. The fraction of sp³-hybridized carbons (Fsp3) is 0.458. The van der Waals surface area contributed by atoms with E-state index in [1.807, 2.05) is 42.5 Å². The van der Waals surface area contributed by atoms with Gasteiger partial charge < -0.3 is 9.47 Å². The number of benzene rings is 2. The van der Waals surface area contributed by atoms with E-state index in [9.17, 15) is 4.79 Å². The zero-order chi connectivity index (χ0) is 21.1. The lowest BCUT2D eigenvalue weighted by molar-refractivity contribution is 0.0274. The highest BCUT2D eigenvalue weighted by molar-refractivity contribution is 7.79. The van der Waals surface area contributed by atoms with E-state index >= 15 is 0 Å². The highest BCUT2D eigenvalue weighted by atomic mass is 32.1. The number of hydrogen-bond acceptors (Lipinski definition) is 5. The van der Waals surface area contributed by atoms with Crippen LogP contribution in [0.3, 0.4) is 0 Å². The van der Waals surface area contributed by atoms with Crippen LogP contribution in [-0.2, 0) is 21.6 Å². The molecule has 2 rings (SSSR count). The summed E-state index contributed by atoms with van der Waals surface area (Å²) in [6, 6.07) is 18.0. The summed E-state index contributed by atoms with van der Waals surface area (Å²) in [6.07, 6.45) is 1.34. The van der Waals surface area contributed by atoms with Crippen LogP contribution in [0.25, 0.3) is 0 Å². The topological polar surface area (TPSA) is 38.8 Å². The SMILES string of the molecule is CCC(Cc1ccccc1)(C(=O)c1ccc(CS)cc1)N(CCOC)CCOC. The van der Waals surface area contributed by atoms with Crippen molar-refractivity contribution in [3.63, 3.8) is 0 Å². The summed E-state index contributed by atoms with van der Waals surface area (Å²) >= 11 is 4.33. The number of ketones is 1. The first-order valence-electron chi connectivity index (χ1n) is 10.1. The minimum absolute atomic E-state index is 0.141. The minimum atomic E-state index is -0.666. The van der Waals surface area contributed by atoms with E-state index in [2.05, 4.69) is 36.6 Å². The lowest BCUT2D eigenvalue weighted by Gasteiger charge is -2.42. The van der Waals surface area contributed by atoms with Gasteiger partial charge in [-0.25, -0.2) is 0 Å². The van der Waals surface area contributed by atoms with Crippen LogP contribution >= 0.6 is 12.6 Å². The van der Waals surface area contributed by atoms with Gasteiger partial charge in [0.2, 0.25) is 0 Å². The fourth-order valence-corrected chi connectivity index (χ4v) is 3.96. The second kappa shape index (κ2) is 12.1. The smallest absolute Gasteiger partial charge is 0.183 e. The van der Waals surface area contributed by atoms with Gasteiger partial charge >= 0.3 is 0 Å². The number of methoxy groups -OCH3 is 2. The van der Waals surface area contributed by atoms with E-state index in [0.717, 1.165) is 16.7 Å². The Morgan fingerprint density at radius 1 is 0.931 bits per heavy atom. The maximum atomic E-state index is 13.9. The van der Waals surface area contributed by atoms with Crippen molar-refractivity contribution in [1.82, 2.24) is 4.90 Å². The van der Waals surface area contributed by atoms with Gasteiger partial charge in [-0.15, -0.1) is 0 Å². The molecular weight excluding hydrogens is 382 g/mol. The molecule has 0 saturated heterocycles. The van der Waals surface area contributed by atoms with Crippen LogP contribution < -0.4 is 0 Å². The number of rotatable bonds is 13. The molecule has 0 radical (unpaired) electrons. The Bertz CT molecular complexity index is 728. The van der Waals surface area contributed by atoms with Crippen LogP contribution in [-0.4, -0.2) is 56.7 Å². The molecule has 4 nitrogen and oxygen atoms in total. The summed E-state index contributed by atoms with van der Waals surface area (Å²) in [5.41, 5.74) is 2.31. The number of ether oxygens (including phenoxy) is 2. The van der Waals surface area contributed by atoms with Crippen molar-refractivity contribution in [2.24, 2.45) is 0 Å². The molecular formula is C24H33NO3S. The number of carbonyl (C=O) groups is 1. The number of nitrogens with zero attached hydrogens (tertiary/aromatic N) is 1. The largest absolute Gasteiger partial charge is 0.383 e. The third-order valence-electron chi connectivity index (χ3n) is 5.48. The molecule has 1 unspecified atom stereocenters. The summed E-state index contributed by atoms with van der Waals surface area (Å²) in [4.78, 5) is 16.2. The van der Waals surface area contributed by atoms with Gasteiger partial charge in [0, 0.05) is 38.6 Å². The first-order valence-corrected chi connectivity index (χ1v) is 10.8. The molecule has 0 fully saturated rings. The zero-order valence-corrected chi connectivity index (χ0v) is 18.7. The molecule has 0 aliphatic heterocycles. The average molecular weight is 416 g/mol. The molecule has 0 spiro atoms. The normalized spacial score (nSPS) is 13.4. The number of carbonyl (C=O) groups excluding carboxylic acids is 1. The van der Waals surface area contributed by atoms with E-state index in [0.29, 0.717) is 44.9 Å². The maximum Gasteiger partial charge on any atom is 0.183 e. The van der Waals surface area contributed by atoms with Crippen molar-refractivity contribution in [2.75, 3.05) is 40.5 Å². The van der Waals surface area contributed by atoms with Gasteiger partial charge in [0.1, 0.15) is 0 Å². The monoisotopic (exact) mass is 415 g/mol. The molecule has 5 heteroatoms. The van der Waals surface area contributed by atoms with Gasteiger partial charge in [0.15, 0.2) is 5.78 Å². The van der Waals surface area contributed by atoms with Crippen molar-refractivity contribution in [2.45, 2.75) is 31.1 Å². The maximum absolute atomic E-state index is 13.9. The van der Waals surface area contributed by atoms with Crippen LogP contribution in [0.4, 0.5) is 0 Å². The highest BCUT2D eigenvalue weighted by Crippen LogP contribution is 2.30. The molecule has 158 valence electrons. The average Bonchev–Trinajstić information content (AvgIpc) is 2.78. The van der Waals surface area contributed by atoms with E-state index in [1.54, 1.807) is 14.2 Å². The summed E-state index contributed by atoms with van der Waals surface area (Å²) < 4.78 is 10.7. The van der Waals surface area contributed by atoms with Crippen molar-refractivity contribution < 1.29 is 14.3 Å². The van der Waals surface area contributed by atoms with Crippen LogP contribution in [0.2, 0.25) is 0 Å². The molecule has 0 heterocycles. The van der Waals surface area contributed by atoms with Gasteiger partial charge in [-0.05, 0) is 24.0 Å². The second-order valence-electron chi connectivity index (χ2n) is 7.20. The molecule has 1 atom stereocenters. The molecule has 29 heavy (non-hydrogen) atoms. The van der Waals surface area contributed by atoms with Gasteiger partial charge in [-0.2, -0.15) is 12.6 Å². The second-order valence-corrected chi connectivity index (χ2v) is 7.52. The lowest BCUT2D eigenvalue weighted by atomic mass is 9.79. The van der Waals surface area contributed by atoms with Crippen LogP contribution in [0.15, 0.2) is 54.6 Å². The van der Waals surface area contributed by atoms with E-state index in [1.165, 1.54) is 0 Å². The van der Waals surface area contributed by atoms with E-state index in [-0.39, 0.29) is 5.78 Å². The summed E-state index contributed by atoms with van der Waals surface area (Å²) in [5, 5.41) is 0. The molecule has 0 N–H and O–H groups in total. The van der Waals surface area contributed by atoms with E-state index in [4.69, 9.17) is 9.47 Å². The number of Topliss-reactive ketones (excluding diaryl/α,β-unsaturated/α-hetero) is 1. The minimum Gasteiger partial charge on any atom is -0.383 e. The van der Waals surface area contributed by atoms with Crippen LogP contribution in [0.5, 0.6) is 0 Å². The predicted molar refractivity (Wildman–Crippen MR) is 122 cm³/mol. The van der Waals surface area contributed by atoms with Crippen LogP contribution in [0.1, 0.15) is 34.8 Å². The van der Waals surface area contributed by atoms with Crippen molar-refractivity contribution in [3.05, 3.63) is 71.3 Å². The zero-order valence-electron chi connectivity index (χ0n) is 17.8. The van der Waals surface area contributed by atoms with Gasteiger partial charge in [-0.1, -0.05) is 61.5 Å². The molecule has 0 bridgehead atoms. The van der Waals surface area contributed by atoms with Crippen molar-refractivity contribution in [1.29, 1.82) is 0 Å². The van der Waals surface area contributed by atoms with Gasteiger partial charge in [0.05, 0.1) is 18.8 Å². The molecule has 0 aliphatic carbocycles. The number of thiol groups is 1. The molecule has 2 aromatic rings. The Morgan fingerprint density at radius 2 is 1.52 bits per heavy atom. The van der Waals surface area contributed by atoms with E-state index < -0.39 is 5.54 Å². The number of hydrogen-bond donors (Lipinski definition) is 1. The standard InChI is InChI=1S/C24H33NO3S/c1-4-24(18-20-8-6-5-7-9-20,25(14-16-27-2)15-17-28-3)23(26)22-12-10-21(19-29)11-13-22/h5-13,29H,4,14-19H2,1-3H3. The lowest BCUT2D eigenvalue weighted by Crippen LogP contribution is -2.57. The third-order valence-corrected chi connectivity index (χ3v) is 5.85. The highest BCUT2D eigenvalue weighted by Gasteiger charge is 2.42. The summed E-state index contributed by atoms with van der Waals surface area (Å²) in [5.74, 6) is 0.798. The molecule has 2 aromatic carbocycles. The van der Waals surface area contributed by atoms with Crippen molar-refractivity contribution in [3.8, 4) is 0 Å². The Morgan fingerprint density at radius 3 is 2.00 bits per heavy atom. The van der Waals surface area contributed by atoms with Crippen LogP contribution in [0, 0.1) is 0 Å². The molecule has 0 aliphatic rings. The van der Waals surface area contributed by atoms with Gasteiger partial charge in [0.25, 0.3) is 0 Å². The first kappa shape index (κ1) is 23.6. The Hall–Kier alpha value is -1.66. The predicted octanol–water partition coefficient (Wildman–Crippen LogP) is 4.29. The fourth-order valence-electron chi connectivity index (χ4n) is 3.75. The Balaban J connectivity index is 2.48. The van der Waals surface area contributed by atoms with Crippen molar-refractivity contribution >= 4 is 18.4 Å². The quantitative estimate of drug-likeness (QED) is 0.391. The summed E-state index contributed by atoms with van der Waals surface area (Å²) in [7, 11) is 3.38. The molecule has 0 aromatic heterocycles. The molecule has 0 saturated carbocycles. The first-order chi connectivity index (χ1) is 14.1. The third kappa shape index (κ3) is 6.16. The summed E-state index contributed by atoms with van der Waals surface area (Å²) in [6.45, 7) is 4.55.